The maximum atomic E-state index is 12.2. The molecule has 1 aliphatic heterocycles. The fourth-order valence-corrected chi connectivity index (χ4v) is 3.81. The molecule has 1 saturated heterocycles. The van der Waals surface area contributed by atoms with Crippen molar-refractivity contribution in [2.24, 2.45) is 5.92 Å². The molecule has 5 heteroatoms. The average Bonchev–Trinajstić information content (AvgIpc) is 3.55. The Morgan fingerprint density at radius 2 is 2.00 bits per heavy atom. The molecule has 0 radical (unpaired) electrons. The first kappa shape index (κ1) is 16.8. The van der Waals surface area contributed by atoms with Crippen LogP contribution in [-0.4, -0.2) is 34.9 Å². The van der Waals surface area contributed by atoms with Crippen molar-refractivity contribution in [1.82, 2.24) is 9.88 Å². The second-order valence-electron chi connectivity index (χ2n) is 7.67. The van der Waals surface area contributed by atoms with E-state index in [1.165, 1.54) is 0 Å². The topological polar surface area (TPSA) is 69.0 Å². The molecule has 5 rings (SSSR count). The van der Waals surface area contributed by atoms with E-state index in [9.17, 15) is 10.1 Å². The van der Waals surface area contributed by atoms with Crippen molar-refractivity contribution in [3.63, 3.8) is 0 Å². The van der Waals surface area contributed by atoms with E-state index in [0.29, 0.717) is 11.5 Å². The van der Waals surface area contributed by atoms with Gasteiger partial charge in [-0.1, -0.05) is 12.1 Å². The van der Waals surface area contributed by atoms with Crippen molar-refractivity contribution >= 4 is 22.4 Å². The minimum absolute atomic E-state index is 0.256. The summed E-state index contributed by atoms with van der Waals surface area (Å²) in [5, 5.41) is 15.0. The fraction of sp³-hybridized carbons (Fsp3) is 0.261. The third-order valence-electron chi connectivity index (χ3n) is 5.56. The van der Waals surface area contributed by atoms with Gasteiger partial charge >= 0.3 is 0 Å². The summed E-state index contributed by atoms with van der Waals surface area (Å²) in [5.41, 5.74) is 3.74. The maximum Gasteiger partial charge on any atom is 0.225 e. The van der Waals surface area contributed by atoms with Gasteiger partial charge in [-0.3, -0.25) is 9.78 Å². The lowest BCUT2D eigenvalue weighted by Gasteiger charge is -2.40. The molecule has 28 heavy (non-hydrogen) atoms. The molecule has 1 amide bonds. The number of carbonyl (C=O) groups excluding carboxylic acids is 1. The van der Waals surface area contributed by atoms with Gasteiger partial charge in [-0.2, -0.15) is 5.26 Å². The molecule has 1 aromatic heterocycles. The number of anilines is 1. The molecule has 0 unspecified atom stereocenters. The quantitative estimate of drug-likeness (QED) is 0.760. The monoisotopic (exact) mass is 368 g/mol. The molecule has 2 aliphatic rings. The van der Waals surface area contributed by atoms with Gasteiger partial charge in [0, 0.05) is 42.5 Å². The zero-order chi connectivity index (χ0) is 19.1. The number of fused-ring (bicyclic) bond motifs is 1. The van der Waals surface area contributed by atoms with E-state index < -0.39 is 0 Å². The van der Waals surface area contributed by atoms with Crippen LogP contribution in [0.1, 0.15) is 18.4 Å². The SMILES string of the molecule is N#Cc1cccc(-c2cc(NC3CN(C(=O)C4CC4)C3)c3cnccc3c2)c1. The lowest BCUT2D eigenvalue weighted by molar-refractivity contribution is -0.136. The van der Waals surface area contributed by atoms with Gasteiger partial charge in [-0.25, -0.2) is 0 Å². The van der Waals surface area contributed by atoms with Gasteiger partial charge < -0.3 is 10.2 Å². The van der Waals surface area contributed by atoms with Gasteiger partial charge in [-0.05, 0) is 59.7 Å². The van der Waals surface area contributed by atoms with Crippen LogP contribution in [0.25, 0.3) is 21.9 Å². The Morgan fingerprint density at radius 3 is 2.79 bits per heavy atom. The zero-order valence-corrected chi connectivity index (χ0v) is 15.4. The van der Waals surface area contributed by atoms with Crippen molar-refractivity contribution in [2.45, 2.75) is 18.9 Å². The Kier molecular flexibility index (Phi) is 3.98. The normalized spacial score (nSPS) is 16.5. The minimum atomic E-state index is 0.256. The van der Waals surface area contributed by atoms with Gasteiger partial charge in [0.25, 0.3) is 0 Å². The number of aromatic nitrogens is 1. The Balaban J connectivity index is 1.44. The van der Waals surface area contributed by atoms with Crippen LogP contribution in [0.15, 0.2) is 54.9 Å². The summed E-state index contributed by atoms with van der Waals surface area (Å²) in [4.78, 5) is 18.4. The molecule has 1 saturated carbocycles. The molecule has 0 bridgehead atoms. The van der Waals surface area contributed by atoms with Crippen LogP contribution in [0.2, 0.25) is 0 Å². The van der Waals surface area contributed by atoms with Crippen LogP contribution in [0, 0.1) is 17.2 Å². The molecular weight excluding hydrogens is 348 g/mol. The van der Waals surface area contributed by atoms with E-state index in [4.69, 9.17) is 0 Å². The zero-order valence-electron chi connectivity index (χ0n) is 15.4. The summed E-state index contributed by atoms with van der Waals surface area (Å²) in [6.07, 6.45) is 5.76. The molecule has 0 atom stereocenters. The van der Waals surface area contributed by atoms with E-state index in [2.05, 4.69) is 28.5 Å². The number of nitrogens with one attached hydrogen (secondary N) is 1. The highest BCUT2D eigenvalue weighted by molar-refractivity contribution is 5.97. The summed E-state index contributed by atoms with van der Waals surface area (Å²) < 4.78 is 0. The predicted molar refractivity (Wildman–Crippen MR) is 109 cm³/mol. The fourth-order valence-electron chi connectivity index (χ4n) is 3.81. The highest BCUT2D eigenvalue weighted by atomic mass is 16.2. The predicted octanol–water partition coefficient (Wildman–Crippen LogP) is 3.81. The first-order chi connectivity index (χ1) is 13.7. The number of nitrogens with zero attached hydrogens (tertiary/aromatic N) is 3. The molecular formula is C23H20N4O. The van der Waals surface area contributed by atoms with E-state index in [-0.39, 0.29) is 12.0 Å². The third kappa shape index (κ3) is 3.07. The number of nitriles is 1. The molecule has 1 N–H and O–H groups in total. The molecule has 138 valence electrons. The van der Waals surface area contributed by atoms with Gasteiger partial charge in [0.15, 0.2) is 0 Å². The standard InChI is InChI=1S/C23H20N4O/c24-11-15-2-1-3-17(8-15)19-9-18-6-7-25-12-21(18)22(10-19)26-20-13-27(14-20)23(28)16-4-5-16/h1-3,6-10,12,16,20,26H,4-5,13-14H2. The Hall–Kier alpha value is -3.39. The lowest BCUT2D eigenvalue weighted by atomic mass is 9.98. The van der Waals surface area contributed by atoms with Crippen LogP contribution in [-0.2, 0) is 4.79 Å². The molecule has 2 aromatic carbocycles. The number of benzene rings is 2. The van der Waals surface area contributed by atoms with Crippen molar-refractivity contribution in [3.8, 4) is 17.2 Å². The number of carbonyl (C=O) groups is 1. The van der Waals surface area contributed by atoms with Crippen LogP contribution >= 0.6 is 0 Å². The van der Waals surface area contributed by atoms with Gasteiger partial charge in [-0.15, -0.1) is 0 Å². The number of hydrogen-bond acceptors (Lipinski definition) is 4. The summed E-state index contributed by atoms with van der Waals surface area (Å²) in [6, 6.07) is 16.4. The number of likely N-dealkylation sites (tertiary alicyclic amines) is 1. The van der Waals surface area contributed by atoms with Gasteiger partial charge in [0.05, 0.1) is 17.7 Å². The average molecular weight is 368 g/mol. The molecule has 5 nitrogen and oxygen atoms in total. The second-order valence-corrected chi connectivity index (χ2v) is 7.67. The van der Waals surface area contributed by atoms with Crippen molar-refractivity contribution in [2.75, 3.05) is 18.4 Å². The smallest absolute Gasteiger partial charge is 0.225 e. The Labute approximate surface area is 163 Å². The van der Waals surface area contributed by atoms with E-state index in [1.807, 2.05) is 41.4 Å². The number of hydrogen-bond donors (Lipinski definition) is 1. The second kappa shape index (κ2) is 6.65. The maximum absolute atomic E-state index is 12.2. The van der Waals surface area contributed by atoms with Crippen LogP contribution in [0.5, 0.6) is 0 Å². The van der Waals surface area contributed by atoms with Crippen LogP contribution in [0.4, 0.5) is 5.69 Å². The summed E-state index contributed by atoms with van der Waals surface area (Å²) in [7, 11) is 0. The number of pyridine rings is 1. The van der Waals surface area contributed by atoms with Gasteiger partial charge in [0.1, 0.15) is 0 Å². The van der Waals surface area contributed by atoms with Crippen LogP contribution < -0.4 is 5.32 Å². The van der Waals surface area contributed by atoms with E-state index >= 15 is 0 Å². The summed E-state index contributed by atoms with van der Waals surface area (Å²) >= 11 is 0. The van der Waals surface area contributed by atoms with Crippen molar-refractivity contribution in [3.05, 3.63) is 60.4 Å². The van der Waals surface area contributed by atoms with E-state index in [1.54, 1.807) is 6.20 Å². The summed E-state index contributed by atoms with van der Waals surface area (Å²) in [5.74, 6) is 0.591. The Bertz CT molecular complexity index is 1110. The minimum Gasteiger partial charge on any atom is -0.378 e. The highest BCUT2D eigenvalue weighted by Crippen LogP contribution is 2.34. The van der Waals surface area contributed by atoms with Gasteiger partial charge in [0.2, 0.25) is 5.91 Å². The molecule has 2 heterocycles. The Morgan fingerprint density at radius 1 is 1.14 bits per heavy atom. The number of amides is 1. The first-order valence-electron chi connectivity index (χ1n) is 9.65. The van der Waals surface area contributed by atoms with Crippen LogP contribution in [0.3, 0.4) is 0 Å². The third-order valence-corrected chi connectivity index (χ3v) is 5.56. The molecule has 0 spiro atoms. The van der Waals surface area contributed by atoms with Crippen molar-refractivity contribution < 1.29 is 4.79 Å². The first-order valence-corrected chi connectivity index (χ1v) is 9.65. The number of rotatable bonds is 4. The highest BCUT2D eigenvalue weighted by Gasteiger charge is 2.39. The van der Waals surface area contributed by atoms with Crippen molar-refractivity contribution in [1.29, 1.82) is 5.26 Å². The molecule has 1 aliphatic carbocycles. The molecule has 3 aromatic rings. The summed E-state index contributed by atoms with van der Waals surface area (Å²) in [6.45, 7) is 1.51. The molecule has 2 fully saturated rings. The largest absolute Gasteiger partial charge is 0.378 e. The van der Waals surface area contributed by atoms with E-state index in [0.717, 1.165) is 53.5 Å². The lowest BCUT2D eigenvalue weighted by Crippen LogP contribution is -2.57.